The second kappa shape index (κ2) is 8.06. The Morgan fingerprint density at radius 1 is 1.39 bits per heavy atom. The summed E-state index contributed by atoms with van der Waals surface area (Å²) >= 11 is 5.34. The Hall–Kier alpha value is -1.13. The normalized spacial score (nSPS) is 11.9. The third kappa shape index (κ3) is 4.63. The van der Waals surface area contributed by atoms with Crippen LogP contribution in [0.2, 0.25) is 0 Å². The molecule has 0 saturated carbocycles. The first-order chi connectivity index (χ1) is 8.69. The van der Waals surface area contributed by atoms with E-state index in [-0.39, 0.29) is 12.6 Å². The van der Waals surface area contributed by atoms with Crippen LogP contribution in [-0.2, 0) is 0 Å². The lowest BCUT2D eigenvalue weighted by Gasteiger charge is -2.26. The average molecular weight is 266 g/mol. The molecule has 4 heteroatoms. The molecule has 1 aromatic carbocycles. The van der Waals surface area contributed by atoms with E-state index >= 15 is 0 Å². The zero-order chi connectivity index (χ0) is 13.4. The van der Waals surface area contributed by atoms with Crippen molar-refractivity contribution < 1.29 is 5.11 Å². The van der Waals surface area contributed by atoms with Crippen LogP contribution in [-0.4, -0.2) is 35.3 Å². The molecule has 0 spiro atoms. The second-order valence-corrected chi connectivity index (χ2v) is 4.73. The molecule has 1 aromatic rings. The van der Waals surface area contributed by atoms with Crippen LogP contribution >= 0.6 is 12.2 Å². The maximum Gasteiger partial charge on any atom is 0.169 e. The third-order valence-corrected chi connectivity index (χ3v) is 3.29. The average Bonchev–Trinajstić information content (AvgIpc) is 2.39. The lowest BCUT2D eigenvalue weighted by molar-refractivity contribution is 0.262. The van der Waals surface area contributed by atoms with Crippen LogP contribution in [0.3, 0.4) is 0 Å². The fraction of sp³-hybridized carbons (Fsp3) is 0.500. The van der Waals surface area contributed by atoms with E-state index in [1.54, 1.807) is 0 Å². The number of nitrogens with zero attached hydrogens (tertiary/aromatic N) is 1. The number of aliphatic hydroxyl groups is 1. The molecule has 0 amide bonds. The highest BCUT2D eigenvalue weighted by Crippen LogP contribution is 2.18. The van der Waals surface area contributed by atoms with Gasteiger partial charge in [-0.05, 0) is 24.2 Å². The van der Waals surface area contributed by atoms with Gasteiger partial charge in [-0.15, -0.1) is 0 Å². The molecule has 0 aliphatic rings. The molecular formula is C14H22N2OS. The van der Waals surface area contributed by atoms with E-state index in [0.29, 0.717) is 11.7 Å². The number of nitrogens with one attached hydrogen (secondary N) is 1. The Kier molecular flexibility index (Phi) is 6.68. The van der Waals surface area contributed by atoms with Gasteiger partial charge in [-0.3, -0.25) is 0 Å². The van der Waals surface area contributed by atoms with Gasteiger partial charge in [0.2, 0.25) is 0 Å². The molecule has 2 N–H and O–H groups in total. The Morgan fingerprint density at radius 2 is 2.06 bits per heavy atom. The minimum absolute atomic E-state index is 0.113. The largest absolute Gasteiger partial charge is 0.395 e. The molecule has 3 nitrogen and oxygen atoms in total. The van der Waals surface area contributed by atoms with Crippen LogP contribution in [0.4, 0.5) is 0 Å². The lowest BCUT2D eigenvalue weighted by atomic mass is 10.0. The van der Waals surface area contributed by atoms with Crippen molar-refractivity contribution in [1.82, 2.24) is 10.2 Å². The van der Waals surface area contributed by atoms with Gasteiger partial charge in [0.1, 0.15) is 0 Å². The summed E-state index contributed by atoms with van der Waals surface area (Å²) in [7, 11) is 1.89. The van der Waals surface area contributed by atoms with Crippen LogP contribution in [0.1, 0.15) is 31.4 Å². The van der Waals surface area contributed by atoms with Crippen molar-refractivity contribution in [2.75, 3.05) is 20.2 Å². The van der Waals surface area contributed by atoms with Gasteiger partial charge in [0, 0.05) is 13.6 Å². The molecule has 0 heterocycles. The summed E-state index contributed by atoms with van der Waals surface area (Å²) in [6.45, 7) is 2.83. The fourth-order valence-electron chi connectivity index (χ4n) is 1.81. The molecule has 0 aliphatic heterocycles. The lowest BCUT2D eigenvalue weighted by Crippen LogP contribution is -2.40. The highest BCUT2D eigenvalue weighted by atomic mass is 32.1. The molecule has 1 atom stereocenters. The second-order valence-electron chi connectivity index (χ2n) is 4.35. The summed E-state index contributed by atoms with van der Waals surface area (Å²) in [4.78, 5) is 1.86. The number of hydrogen-bond donors (Lipinski definition) is 2. The van der Waals surface area contributed by atoms with E-state index < -0.39 is 0 Å². The summed E-state index contributed by atoms with van der Waals surface area (Å²) in [5.74, 6) is 0. The van der Waals surface area contributed by atoms with E-state index in [4.69, 9.17) is 17.3 Å². The summed E-state index contributed by atoms with van der Waals surface area (Å²) in [6, 6.07) is 10.6. The molecule has 0 bridgehead atoms. The van der Waals surface area contributed by atoms with Gasteiger partial charge in [0.25, 0.3) is 0 Å². The van der Waals surface area contributed by atoms with Crippen LogP contribution < -0.4 is 5.32 Å². The molecule has 0 aliphatic carbocycles. The standard InChI is InChI=1S/C14H22N2OS/c1-3-7-13(12-8-5-4-6-9-12)15-14(18)16(2)10-11-17/h4-6,8-9,13,17H,3,7,10-11H2,1-2H3,(H,15,18). The number of thiocarbonyl (C=S) groups is 1. The molecule has 0 fully saturated rings. The molecule has 0 saturated heterocycles. The number of rotatable bonds is 6. The van der Waals surface area contributed by atoms with Gasteiger partial charge >= 0.3 is 0 Å². The Bertz CT molecular complexity index is 356. The first-order valence-electron chi connectivity index (χ1n) is 6.36. The third-order valence-electron chi connectivity index (χ3n) is 2.86. The van der Waals surface area contributed by atoms with E-state index in [1.165, 1.54) is 5.56 Å². The van der Waals surface area contributed by atoms with Gasteiger partial charge < -0.3 is 15.3 Å². The minimum atomic E-state index is 0.113. The van der Waals surface area contributed by atoms with Crippen molar-refractivity contribution in [1.29, 1.82) is 0 Å². The van der Waals surface area contributed by atoms with E-state index in [0.717, 1.165) is 12.8 Å². The maximum absolute atomic E-state index is 8.91. The van der Waals surface area contributed by atoms with Crippen molar-refractivity contribution in [2.45, 2.75) is 25.8 Å². The topological polar surface area (TPSA) is 35.5 Å². The van der Waals surface area contributed by atoms with Crippen LogP contribution in [0.15, 0.2) is 30.3 Å². The summed E-state index contributed by atoms with van der Waals surface area (Å²) in [5, 5.41) is 13.0. The van der Waals surface area contributed by atoms with Crippen molar-refractivity contribution in [2.24, 2.45) is 0 Å². The molecule has 0 radical (unpaired) electrons. The monoisotopic (exact) mass is 266 g/mol. The predicted molar refractivity (Wildman–Crippen MR) is 79.5 cm³/mol. The first-order valence-corrected chi connectivity index (χ1v) is 6.77. The SMILES string of the molecule is CCCC(NC(=S)N(C)CCO)c1ccccc1. The zero-order valence-electron chi connectivity index (χ0n) is 11.1. The van der Waals surface area contributed by atoms with Gasteiger partial charge in [-0.2, -0.15) is 0 Å². The molecule has 100 valence electrons. The van der Waals surface area contributed by atoms with Crippen LogP contribution in [0, 0.1) is 0 Å². The number of likely N-dealkylation sites (N-methyl/N-ethyl adjacent to an activating group) is 1. The first kappa shape index (κ1) is 14.9. The quantitative estimate of drug-likeness (QED) is 0.775. The zero-order valence-corrected chi connectivity index (χ0v) is 11.9. The highest BCUT2D eigenvalue weighted by molar-refractivity contribution is 7.80. The fourth-order valence-corrected chi connectivity index (χ4v) is 2.04. The Balaban J connectivity index is 2.66. The van der Waals surface area contributed by atoms with Crippen molar-refractivity contribution in [3.05, 3.63) is 35.9 Å². The molecule has 1 unspecified atom stereocenters. The van der Waals surface area contributed by atoms with E-state index in [9.17, 15) is 0 Å². The van der Waals surface area contributed by atoms with Crippen molar-refractivity contribution >= 4 is 17.3 Å². The summed E-state index contributed by atoms with van der Waals surface area (Å²) < 4.78 is 0. The Labute approximate surface area is 115 Å². The molecular weight excluding hydrogens is 244 g/mol. The summed E-state index contributed by atoms with van der Waals surface area (Å²) in [5.41, 5.74) is 1.25. The minimum Gasteiger partial charge on any atom is -0.395 e. The maximum atomic E-state index is 8.91. The van der Waals surface area contributed by atoms with Gasteiger partial charge in [-0.25, -0.2) is 0 Å². The molecule has 18 heavy (non-hydrogen) atoms. The smallest absolute Gasteiger partial charge is 0.169 e. The van der Waals surface area contributed by atoms with Crippen LogP contribution in [0.25, 0.3) is 0 Å². The highest BCUT2D eigenvalue weighted by Gasteiger charge is 2.13. The van der Waals surface area contributed by atoms with E-state index in [1.807, 2.05) is 30.1 Å². The Morgan fingerprint density at radius 3 is 2.61 bits per heavy atom. The van der Waals surface area contributed by atoms with Crippen molar-refractivity contribution in [3.8, 4) is 0 Å². The number of benzene rings is 1. The molecule has 1 rings (SSSR count). The summed E-state index contributed by atoms with van der Waals surface area (Å²) in [6.07, 6.45) is 2.13. The van der Waals surface area contributed by atoms with Gasteiger partial charge in [0.05, 0.1) is 12.6 Å². The molecule has 0 aromatic heterocycles. The predicted octanol–water partition coefficient (Wildman–Crippen LogP) is 2.33. The number of aliphatic hydroxyl groups excluding tert-OH is 1. The van der Waals surface area contributed by atoms with Gasteiger partial charge in [0.15, 0.2) is 5.11 Å². The van der Waals surface area contributed by atoms with Crippen molar-refractivity contribution in [3.63, 3.8) is 0 Å². The number of hydrogen-bond acceptors (Lipinski definition) is 2. The van der Waals surface area contributed by atoms with E-state index in [2.05, 4.69) is 24.4 Å². The van der Waals surface area contributed by atoms with Gasteiger partial charge in [-0.1, -0.05) is 43.7 Å². The van der Waals surface area contributed by atoms with Crippen LogP contribution in [0.5, 0.6) is 0 Å².